The van der Waals surface area contributed by atoms with Crippen molar-refractivity contribution >= 4 is 22.4 Å². The fourth-order valence-corrected chi connectivity index (χ4v) is 3.06. The first-order chi connectivity index (χ1) is 10.7. The van der Waals surface area contributed by atoms with Crippen molar-refractivity contribution in [3.05, 3.63) is 42.5 Å². The molecular formula is C19H23NO2. The number of ether oxygens (including phenoxy) is 1. The Kier molecular flexibility index (Phi) is 4.74. The minimum absolute atomic E-state index is 0.196. The first-order valence-electron chi connectivity index (χ1n) is 8.07. The van der Waals surface area contributed by atoms with E-state index in [2.05, 4.69) is 24.3 Å². The third-order valence-electron chi connectivity index (χ3n) is 4.60. The second-order valence-corrected chi connectivity index (χ2v) is 6.08. The van der Waals surface area contributed by atoms with Crippen LogP contribution < -0.4 is 4.90 Å². The van der Waals surface area contributed by atoms with E-state index in [9.17, 15) is 4.79 Å². The highest BCUT2D eigenvalue weighted by Gasteiger charge is 2.17. The minimum atomic E-state index is 0.196. The van der Waals surface area contributed by atoms with Gasteiger partial charge >= 0.3 is 0 Å². The van der Waals surface area contributed by atoms with Gasteiger partial charge in [0.1, 0.15) is 0 Å². The summed E-state index contributed by atoms with van der Waals surface area (Å²) in [5, 5.41) is 2.37. The normalized spacial score (nSPS) is 15.9. The second kappa shape index (κ2) is 6.93. The molecule has 1 aliphatic rings. The molecule has 3 nitrogen and oxygen atoms in total. The Morgan fingerprint density at radius 2 is 1.86 bits per heavy atom. The van der Waals surface area contributed by atoms with Crippen molar-refractivity contribution in [2.24, 2.45) is 5.92 Å². The molecule has 2 aromatic carbocycles. The van der Waals surface area contributed by atoms with Gasteiger partial charge < -0.3 is 9.64 Å². The van der Waals surface area contributed by atoms with Gasteiger partial charge in [-0.2, -0.15) is 0 Å². The lowest BCUT2D eigenvalue weighted by atomic mass is 9.94. The molecule has 0 unspecified atom stereocenters. The average molecular weight is 297 g/mol. The van der Waals surface area contributed by atoms with Gasteiger partial charge in [0.25, 0.3) is 0 Å². The first kappa shape index (κ1) is 15.0. The maximum atomic E-state index is 12.4. The number of carbonyl (C=O) groups is 1. The van der Waals surface area contributed by atoms with Gasteiger partial charge in [-0.05, 0) is 48.1 Å². The predicted octanol–water partition coefficient (Wildman–Crippen LogP) is 4.01. The fraction of sp³-hybridized carbons (Fsp3) is 0.421. The van der Waals surface area contributed by atoms with Gasteiger partial charge in [-0.25, -0.2) is 0 Å². The molecule has 0 aromatic heterocycles. The highest BCUT2D eigenvalue weighted by atomic mass is 16.5. The number of benzene rings is 2. The van der Waals surface area contributed by atoms with Gasteiger partial charge in [0.05, 0.1) is 0 Å². The van der Waals surface area contributed by atoms with E-state index in [4.69, 9.17) is 4.74 Å². The molecule has 1 amide bonds. The van der Waals surface area contributed by atoms with Crippen LogP contribution in [0.25, 0.3) is 10.8 Å². The lowest BCUT2D eigenvalue weighted by Gasteiger charge is -2.23. The molecule has 0 saturated carbocycles. The topological polar surface area (TPSA) is 29.5 Å². The Labute approximate surface area is 131 Å². The van der Waals surface area contributed by atoms with Crippen LogP contribution in [0.4, 0.5) is 5.69 Å². The summed E-state index contributed by atoms with van der Waals surface area (Å²) in [6.07, 6.45) is 3.77. The van der Waals surface area contributed by atoms with E-state index in [-0.39, 0.29) is 5.91 Å². The number of fused-ring (bicyclic) bond motifs is 1. The van der Waals surface area contributed by atoms with E-state index in [1.165, 1.54) is 10.8 Å². The van der Waals surface area contributed by atoms with E-state index in [1.807, 2.05) is 25.2 Å². The number of hydrogen-bond donors (Lipinski definition) is 0. The van der Waals surface area contributed by atoms with Gasteiger partial charge in [-0.3, -0.25) is 4.79 Å². The quantitative estimate of drug-likeness (QED) is 0.853. The number of carbonyl (C=O) groups excluding carboxylic acids is 1. The summed E-state index contributed by atoms with van der Waals surface area (Å²) in [6, 6.07) is 14.4. The molecule has 0 aliphatic carbocycles. The molecule has 1 saturated heterocycles. The summed E-state index contributed by atoms with van der Waals surface area (Å²) in [5.74, 6) is 0.837. The zero-order valence-corrected chi connectivity index (χ0v) is 13.1. The van der Waals surface area contributed by atoms with Crippen molar-refractivity contribution in [1.29, 1.82) is 0 Å². The molecule has 0 radical (unpaired) electrons. The van der Waals surface area contributed by atoms with E-state index in [0.29, 0.717) is 12.3 Å². The van der Waals surface area contributed by atoms with Crippen molar-refractivity contribution in [3.63, 3.8) is 0 Å². The first-order valence-corrected chi connectivity index (χ1v) is 8.07. The van der Waals surface area contributed by atoms with Gasteiger partial charge in [0.2, 0.25) is 5.91 Å². The van der Waals surface area contributed by atoms with Crippen LogP contribution in [-0.4, -0.2) is 26.2 Å². The van der Waals surface area contributed by atoms with E-state index < -0.39 is 0 Å². The maximum absolute atomic E-state index is 12.4. The Morgan fingerprint density at radius 3 is 2.64 bits per heavy atom. The largest absolute Gasteiger partial charge is 0.381 e. The summed E-state index contributed by atoms with van der Waals surface area (Å²) < 4.78 is 5.37. The molecule has 1 fully saturated rings. The molecule has 1 heterocycles. The molecule has 116 valence electrons. The van der Waals surface area contributed by atoms with Crippen LogP contribution >= 0.6 is 0 Å². The van der Waals surface area contributed by atoms with Gasteiger partial charge in [0, 0.05) is 32.4 Å². The minimum Gasteiger partial charge on any atom is -0.381 e. The lowest BCUT2D eigenvalue weighted by molar-refractivity contribution is -0.118. The molecule has 1 aliphatic heterocycles. The Bertz CT molecular complexity index is 647. The third kappa shape index (κ3) is 3.47. The summed E-state index contributed by atoms with van der Waals surface area (Å²) >= 11 is 0. The standard InChI is InChI=1S/C19H23NO2/c1-20(19(21)9-6-15-10-12-22-13-11-15)18-8-7-16-4-2-3-5-17(16)14-18/h2-5,7-8,14-15H,6,9-13H2,1H3. The van der Waals surface area contributed by atoms with Gasteiger partial charge in [-0.15, -0.1) is 0 Å². The maximum Gasteiger partial charge on any atom is 0.226 e. The molecule has 0 N–H and O–H groups in total. The van der Waals surface area contributed by atoms with Crippen LogP contribution in [0.5, 0.6) is 0 Å². The Morgan fingerprint density at radius 1 is 1.14 bits per heavy atom. The van der Waals surface area contributed by atoms with Crippen molar-refractivity contribution in [1.82, 2.24) is 0 Å². The number of hydrogen-bond acceptors (Lipinski definition) is 2. The van der Waals surface area contributed by atoms with Crippen LogP contribution in [0.15, 0.2) is 42.5 Å². The van der Waals surface area contributed by atoms with Crippen molar-refractivity contribution < 1.29 is 9.53 Å². The molecule has 22 heavy (non-hydrogen) atoms. The average Bonchev–Trinajstić information content (AvgIpc) is 2.59. The fourth-order valence-electron chi connectivity index (χ4n) is 3.06. The van der Waals surface area contributed by atoms with Crippen LogP contribution in [0.3, 0.4) is 0 Å². The van der Waals surface area contributed by atoms with Crippen LogP contribution in [0.1, 0.15) is 25.7 Å². The van der Waals surface area contributed by atoms with Crippen molar-refractivity contribution in [3.8, 4) is 0 Å². The zero-order valence-electron chi connectivity index (χ0n) is 13.1. The lowest BCUT2D eigenvalue weighted by Crippen LogP contribution is -2.27. The van der Waals surface area contributed by atoms with Crippen molar-refractivity contribution in [2.45, 2.75) is 25.7 Å². The van der Waals surface area contributed by atoms with E-state index in [1.54, 1.807) is 4.90 Å². The molecule has 3 rings (SSSR count). The second-order valence-electron chi connectivity index (χ2n) is 6.08. The SMILES string of the molecule is CN(C(=O)CCC1CCOCC1)c1ccc2ccccc2c1. The van der Waals surface area contributed by atoms with Gasteiger partial charge in [-0.1, -0.05) is 30.3 Å². The molecular weight excluding hydrogens is 274 g/mol. The smallest absolute Gasteiger partial charge is 0.226 e. The Hall–Kier alpha value is -1.87. The molecule has 0 spiro atoms. The third-order valence-corrected chi connectivity index (χ3v) is 4.60. The van der Waals surface area contributed by atoms with Crippen LogP contribution in [-0.2, 0) is 9.53 Å². The zero-order chi connectivity index (χ0) is 15.4. The number of nitrogens with zero attached hydrogens (tertiary/aromatic N) is 1. The summed E-state index contributed by atoms with van der Waals surface area (Å²) in [5.41, 5.74) is 0.968. The number of rotatable bonds is 4. The molecule has 3 heteroatoms. The molecule has 0 atom stereocenters. The summed E-state index contributed by atoms with van der Waals surface area (Å²) in [7, 11) is 1.87. The van der Waals surface area contributed by atoms with Crippen molar-refractivity contribution in [2.75, 3.05) is 25.2 Å². The monoisotopic (exact) mass is 297 g/mol. The van der Waals surface area contributed by atoms with Gasteiger partial charge in [0.15, 0.2) is 0 Å². The number of anilines is 1. The summed E-state index contributed by atoms with van der Waals surface area (Å²) in [4.78, 5) is 14.2. The van der Waals surface area contributed by atoms with E-state index in [0.717, 1.165) is 38.2 Å². The highest BCUT2D eigenvalue weighted by Crippen LogP contribution is 2.24. The molecule has 0 bridgehead atoms. The van der Waals surface area contributed by atoms with Crippen LogP contribution in [0, 0.1) is 5.92 Å². The predicted molar refractivity (Wildman–Crippen MR) is 90.1 cm³/mol. The number of amides is 1. The summed E-state index contributed by atoms with van der Waals surface area (Å²) in [6.45, 7) is 1.69. The molecule has 2 aromatic rings. The van der Waals surface area contributed by atoms with E-state index >= 15 is 0 Å². The highest BCUT2D eigenvalue weighted by molar-refractivity contribution is 5.95. The Balaban J connectivity index is 1.63. The van der Waals surface area contributed by atoms with Crippen LogP contribution in [0.2, 0.25) is 0 Å².